The predicted molar refractivity (Wildman–Crippen MR) is 52.4 cm³/mol. The summed E-state index contributed by atoms with van der Waals surface area (Å²) >= 11 is 3.13. The van der Waals surface area contributed by atoms with Gasteiger partial charge in [0.25, 0.3) is 0 Å². The van der Waals surface area contributed by atoms with Crippen molar-refractivity contribution in [1.82, 2.24) is 0 Å². The monoisotopic (exact) mass is 255 g/mol. The molecular weight excluding hydrogens is 250 g/mol. The summed E-state index contributed by atoms with van der Waals surface area (Å²) in [5.41, 5.74) is 0.244. The molecule has 0 saturated carbocycles. The summed E-state index contributed by atoms with van der Waals surface area (Å²) in [5.74, 6) is -0.906. The van der Waals surface area contributed by atoms with E-state index in [-0.39, 0.29) is 16.9 Å². The van der Waals surface area contributed by atoms with Gasteiger partial charge in [0.2, 0.25) is 0 Å². The molecule has 1 rings (SSSR count). The highest BCUT2D eigenvalue weighted by atomic mass is 79.9. The lowest BCUT2D eigenvalue weighted by atomic mass is 10.1. The first-order chi connectivity index (χ1) is 6.60. The Morgan fingerprint density at radius 2 is 2.29 bits per heavy atom. The minimum atomic E-state index is -1.13. The number of methoxy groups -OCH3 is 1. The molecule has 14 heavy (non-hydrogen) atoms. The summed E-state index contributed by atoms with van der Waals surface area (Å²) in [4.78, 5) is 10.8. The van der Waals surface area contributed by atoms with E-state index in [9.17, 15) is 4.79 Å². The van der Waals surface area contributed by atoms with Crippen LogP contribution in [-0.2, 0) is 0 Å². The molecule has 0 bridgehead atoms. The molecular formula is C9H6BrNO3. The highest BCUT2D eigenvalue weighted by Gasteiger charge is 2.15. The fourth-order valence-corrected chi connectivity index (χ4v) is 1.65. The summed E-state index contributed by atoms with van der Waals surface area (Å²) < 4.78 is 5.35. The van der Waals surface area contributed by atoms with Gasteiger partial charge in [0, 0.05) is 0 Å². The lowest BCUT2D eigenvalue weighted by Crippen LogP contribution is -2.01. The van der Waals surface area contributed by atoms with Crippen molar-refractivity contribution in [2.24, 2.45) is 0 Å². The van der Waals surface area contributed by atoms with E-state index in [1.165, 1.54) is 19.2 Å². The van der Waals surface area contributed by atoms with Crippen LogP contribution in [0, 0.1) is 11.3 Å². The Morgan fingerprint density at radius 3 is 2.71 bits per heavy atom. The quantitative estimate of drug-likeness (QED) is 0.878. The van der Waals surface area contributed by atoms with Crippen molar-refractivity contribution < 1.29 is 14.6 Å². The van der Waals surface area contributed by atoms with Crippen molar-refractivity contribution >= 4 is 21.9 Å². The maximum Gasteiger partial charge on any atom is 0.339 e. The van der Waals surface area contributed by atoms with Gasteiger partial charge in [-0.2, -0.15) is 5.26 Å². The van der Waals surface area contributed by atoms with Crippen molar-refractivity contribution in [3.8, 4) is 11.8 Å². The van der Waals surface area contributed by atoms with Crippen LogP contribution in [0.2, 0.25) is 0 Å². The number of rotatable bonds is 2. The van der Waals surface area contributed by atoms with Gasteiger partial charge in [-0.25, -0.2) is 4.79 Å². The molecule has 0 saturated heterocycles. The van der Waals surface area contributed by atoms with Gasteiger partial charge < -0.3 is 9.84 Å². The number of carbonyl (C=O) groups is 1. The van der Waals surface area contributed by atoms with Gasteiger partial charge in [-0.3, -0.25) is 0 Å². The second-order valence-electron chi connectivity index (χ2n) is 2.46. The van der Waals surface area contributed by atoms with Crippen LogP contribution in [0.4, 0.5) is 0 Å². The van der Waals surface area contributed by atoms with Gasteiger partial charge in [0.05, 0.1) is 23.2 Å². The van der Waals surface area contributed by atoms with Crippen LogP contribution in [-0.4, -0.2) is 18.2 Å². The SMILES string of the molecule is COc1c(Br)cc(C#N)cc1C(=O)O. The van der Waals surface area contributed by atoms with E-state index in [1.54, 1.807) is 0 Å². The Balaban J connectivity index is 3.45. The number of carboxylic acids is 1. The maximum absolute atomic E-state index is 10.8. The molecule has 0 spiro atoms. The zero-order chi connectivity index (χ0) is 10.7. The number of hydrogen-bond acceptors (Lipinski definition) is 3. The Morgan fingerprint density at radius 1 is 1.64 bits per heavy atom. The van der Waals surface area contributed by atoms with Crippen LogP contribution in [0.25, 0.3) is 0 Å². The molecule has 0 radical (unpaired) electrons. The fraction of sp³-hybridized carbons (Fsp3) is 0.111. The molecule has 4 nitrogen and oxygen atoms in total. The molecule has 0 fully saturated rings. The van der Waals surface area contributed by atoms with E-state index in [1.807, 2.05) is 6.07 Å². The number of benzene rings is 1. The van der Waals surface area contributed by atoms with Crippen molar-refractivity contribution in [1.29, 1.82) is 5.26 Å². The standard InChI is InChI=1S/C9H6BrNO3/c1-14-8-6(9(12)13)2-5(4-11)3-7(8)10/h2-3H,1H3,(H,12,13). The predicted octanol–water partition coefficient (Wildman–Crippen LogP) is 2.03. The largest absolute Gasteiger partial charge is 0.495 e. The maximum atomic E-state index is 10.8. The number of nitrogens with zero attached hydrogens (tertiary/aromatic N) is 1. The third-order valence-corrected chi connectivity index (χ3v) is 2.20. The first-order valence-corrected chi connectivity index (χ1v) is 4.40. The van der Waals surface area contributed by atoms with Crippen LogP contribution in [0.3, 0.4) is 0 Å². The van der Waals surface area contributed by atoms with E-state index in [4.69, 9.17) is 15.1 Å². The average molecular weight is 256 g/mol. The normalized spacial score (nSPS) is 9.21. The van der Waals surface area contributed by atoms with Crippen LogP contribution in [0.15, 0.2) is 16.6 Å². The minimum absolute atomic E-state index is 0.0292. The first-order valence-electron chi connectivity index (χ1n) is 3.61. The number of nitriles is 1. The molecule has 72 valence electrons. The zero-order valence-corrected chi connectivity index (χ0v) is 8.83. The molecule has 0 aliphatic carbocycles. The molecule has 0 amide bonds. The van der Waals surface area contributed by atoms with Crippen LogP contribution < -0.4 is 4.74 Å². The van der Waals surface area contributed by atoms with Crippen LogP contribution in [0.5, 0.6) is 5.75 Å². The van der Waals surface area contributed by atoms with E-state index >= 15 is 0 Å². The van der Waals surface area contributed by atoms with Crippen molar-refractivity contribution in [3.05, 3.63) is 27.7 Å². The molecule has 1 aromatic carbocycles. The second-order valence-corrected chi connectivity index (χ2v) is 3.31. The summed E-state index contributed by atoms with van der Waals surface area (Å²) in [5, 5.41) is 17.5. The summed E-state index contributed by atoms with van der Waals surface area (Å²) in [7, 11) is 1.37. The Labute approximate surface area is 88.9 Å². The van der Waals surface area contributed by atoms with Crippen LogP contribution in [0.1, 0.15) is 15.9 Å². The third kappa shape index (κ3) is 1.86. The molecule has 5 heteroatoms. The third-order valence-electron chi connectivity index (χ3n) is 1.61. The molecule has 1 aromatic rings. The Bertz CT molecular complexity index is 423. The lowest BCUT2D eigenvalue weighted by Gasteiger charge is -2.07. The molecule has 0 aromatic heterocycles. The Hall–Kier alpha value is -1.54. The van der Waals surface area contributed by atoms with E-state index in [2.05, 4.69) is 15.9 Å². The lowest BCUT2D eigenvalue weighted by molar-refractivity contribution is 0.0693. The number of aromatic carboxylic acids is 1. The topological polar surface area (TPSA) is 70.3 Å². The molecule has 0 aliphatic heterocycles. The highest BCUT2D eigenvalue weighted by molar-refractivity contribution is 9.10. The van der Waals surface area contributed by atoms with Gasteiger partial charge in [0.15, 0.2) is 0 Å². The number of carboxylic acid groups (broad SMARTS) is 1. The minimum Gasteiger partial charge on any atom is -0.495 e. The van der Waals surface area contributed by atoms with Gasteiger partial charge in [0.1, 0.15) is 11.3 Å². The van der Waals surface area contributed by atoms with E-state index in [0.717, 1.165) is 0 Å². The molecule has 0 heterocycles. The van der Waals surface area contributed by atoms with Gasteiger partial charge in [-0.1, -0.05) is 0 Å². The van der Waals surface area contributed by atoms with Crippen molar-refractivity contribution in [2.75, 3.05) is 7.11 Å². The average Bonchev–Trinajstić information content (AvgIpc) is 2.16. The molecule has 0 aliphatic rings. The molecule has 0 atom stereocenters. The van der Waals surface area contributed by atoms with Gasteiger partial charge in [-0.05, 0) is 28.1 Å². The van der Waals surface area contributed by atoms with Gasteiger partial charge >= 0.3 is 5.97 Å². The van der Waals surface area contributed by atoms with E-state index in [0.29, 0.717) is 4.47 Å². The zero-order valence-electron chi connectivity index (χ0n) is 7.24. The first kappa shape index (κ1) is 10.5. The summed E-state index contributed by atoms with van der Waals surface area (Å²) in [6, 6.07) is 4.64. The molecule has 1 N–H and O–H groups in total. The number of ether oxygens (including phenoxy) is 1. The number of hydrogen-bond donors (Lipinski definition) is 1. The fourth-order valence-electron chi connectivity index (χ4n) is 1.02. The summed E-state index contributed by atoms with van der Waals surface area (Å²) in [6.07, 6.45) is 0. The van der Waals surface area contributed by atoms with Crippen molar-refractivity contribution in [3.63, 3.8) is 0 Å². The summed E-state index contributed by atoms with van der Waals surface area (Å²) in [6.45, 7) is 0. The Kier molecular flexibility index (Phi) is 3.10. The smallest absolute Gasteiger partial charge is 0.339 e. The second kappa shape index (κ2) is 4.11. The van der Waals surface area contributed by atoms with Gasteiger partial charge in [-0.15, -0.1) is 0 Å². The van der Waals surface area contributed by atoms with Crippen molar-refractivity contribution in [2.45, 2.75) is 0 Å². The molecule has 0 unspecified atom stereocenters. The highest BCUT2D eigenvalue weighted by Crippen LogP contribution is 2.30. The van der Waals surface area contributed by atoms with Crippen LogP contribution >= 0.6 is 15.9 Å². The van der Waals surface area contributed by atoms with E-state index < -0.39 is 5.97 Å². The number of halogens is 1.